The van der Waals surface area contributed by atoms with Gasteiger partial charge in [-0.25, -0.2) is 9.79 Å². The fourth-order valence-corrected chi connectivity index (χ4v) is 7.19. The normalized spacial score (nSPS) is 14.5. The maximum Gasteiger partial charge on any atom is 0.338 e. The van der Waals surface area contributed by atoms with Gasteiger partial charge < -0.3 is 18.9 Å². The smallest absolute Gasteiger partial charge is 0.338 e. The van der Waals surface area contributed by atoms with Crippen molar-refractivity contribution < 1.29 is 23.7 Å². The molecule has 5 aromatic rings. The number of carbonyl (C=O) groups excluding carboxylic acids is 1. The first kappa shape index (κ1) is 31.3. The van der Waals surface area contributed by atoms with Crippen molar-refractivity contribution in [3.05, 3.63) is 131 Å². The number of rotatable bonds is 9. The van der Waals surface area contributed by atoms with Crippen LogP contribution in [-0.2, 0) is 16.1 Å². The number of esters is 1. The molecule has 0 saturated carbocycles. The first-order valence-corrected chi connectivity index (χ1v) is 16.2. The molecule has 1 atom stereocenters. The van der Waals surface area contributed by atoms with E-state index in [2.05, 4.69) is 40.2 Å². The summed E-state index contributed by atoms with van der Waals surface area (Å²) in [5, 5.41) is 2.27. The zero-order chi connectivity index (χ0) is 32.4. The van der Waals surface area contributed by atoms with Gasteiger partial charge in [-0.3, -0.25) is 9.36 Å². The molecule has 0 aliphatic carbocycles. The van der Waals surface area contributed by atoms with Crippen LogP contribution in [0.4, 0.5) is 0 Å². The lowest BCUT2D eigenvalue weighted by Gasteiger charge is -2.26. The molecule has 1 aliphatic rings. The number of aromatic nitrogens is 1. The fraction of sp³-hybridized carbons (Fsp3) is 0.194. The minimum absolute atomic E-state index is 0.176. The lowest BCUT2D eigenvalue weighted by atomic mass is 9.95. The van der Waals surface area contributed by atoms with Gasteiger partial charge in [-0.15, -0.1) is 0 Å². The number of para-hydroxylation sites is 1. The fourth-order valence-electron chi connectivity index (χ4n) is 5.61. The van der Waals surface area contributed by atoms with Gasteiger partial charge in [-0.2, -0.15) is 0 Å². The first-order chi connectivity index (χ1) is 22.3. The standard InChI is InChI=1S/C36H31BrN2O6S/c1-5-44-35(41)32-21(2)38-36-39(33(32)26-18-29(42-3)30(43-4)19-27(26)37)34(40)31(46-36)17-23-12-7-9-16-28(23)45-20-24-14-10-13-22-11-6-8-15-25(22)24/h6-19,33H,5,20H2,1-4H3/b31-17+/t33-/m1/s1. The van der Waals surface area contributed by atoms with E-state index >= 15 is 0 Å². The van der Waals surface area contributed by atoms with Crippen LogP contribution in [0.5, 0.6) is 17.2 Å². The maximum absolute atomic E-state index is 14.3. The number of fused-ring (bicyclic) bond motifs is 2. The summed E-state index contributed by atoms with van der Waals surface area (Å²) in [5.41, 5.74) is 2.88. The molecule has 234 valence electrons. The second-order valence-corrected chi connectivity index (χ2v) is 12.4. The number of methoxy groups -OCH3 is 2. The molecule has 46 heavy (non-hydrogen) atoms. The van der Waals surface area contributed by atoms with E-state index in [9.17, 15) is 9.59 Å². The minimum atomic E-state index is -0.829. The number of carbonyl (C=O) groups is 1. The van der Waals surface area contributed by atoms with E-state index in [4.69, 9.17) is 23.9 Å². The van der Waals surface area contributed by atoms with Crippen molar-refractivity contribution in [2.24, 2.45) is 4.99 Å². The Morgan fingerprint density at radius 2 is 1.70 bits per heavy atom. The molecule has 0 saturated heterocycles. The third-order valence-electron chi connectivity index (χ3n) is 7.78. The molecule has 1 aromatic heterocycles. The van der Waals surface area contributed by atoms with E-state index in [1.54, 1.807) is 37.7 Å². The molecule has 0 spiro atoms. The molecule has 0 radical (unpaired) electrons. The molecular weight excluding hydrogens is 668 g/mol. The van der Waals surface area contributed by atoms with Crippen LogP contribution in [-0.4, -0.2) is 31.4 Å². The molecule has 1 aliphatic heterocycles. The van der Waals surface area contributed by atoms with Crippen LogP contribution in [0.2, 0.25) is 0 Å². The molecule has 0 N–H and O–H groups in total. The summed E-state index contributed by atoms with van der Waals surface area (Å²) in [4.78, 5) is 32.8. The van der Waals surface area contributed by atoms with Gasteiger partial charge in [0.25, 0.3) is 5.56 Å². The monoisotopic (exact) mass is 698 g/mol. The zero-order valence-corrected chi connectivity index (χ0v) is 28.1. The third-order valence-corrected chi connectivity index (χ3v) is 9.45. The van der Waals surface area contributed by atoms with Crippen LogP contribution in [0.15, 0.2) is 104 Å². The number of hydrogen-bond donors (Lipinski definition) is 0. The SMILES string of the molecule is CCOC(=O)C1=C(C)N=c2s/c(=C/c3ccccc3OCc3cccc4ccccc34)c(=O)n2[C@@H]1c1cc(OC)c(OC)cc1Br. The van der Waals surface area contributed by atoms with E-state index in [0.717, 1.165) is 21.9 Å². The lowest BCUT2D eigenvalue weighted by molar-refractivity contribution is -0.139. The van der Waals surface area contributed by atoms with Gasteiger partial charge >= 0.3 is 5.97 Å². The largest absolute Gasteiger partial charge is 0.493 e. The number of allylic oxidation sites excluding steroid dienone is 1. The van der Waals surface area contributed by atoms with Crippen LogP contribution in [0.1, 0.15) is 36.6 Å². The number of halogens is 1. The highest BCUT2D eigenvalue weighted by Crippen LogP contribution is 2.40. The summed E-state index contributed by atoms with van der Waals surface area (Å²) >= 11 is 4.89. The van der Waals surface area contributed by atoms with Crippen molar-refractivity contribution in [1.29, 1.82) is 0 Å². The Balaban J connectivity index is 1.46. The highest BCUT2D eigenvalue weighted by atomic mass is 79.9. The quantitative estimate of drug-likeness (QED) is 0.168. The molecule has 0 unspecified atom stereocenters. The van der Waals surface area contributed by atoms with Crippen molar-refractivity contribution in [1.82, 2.24) is 4.57 Å². The van der Waals surface area contributed by atoms with Gasteiger partial charge in [0.05, 0.1) is 42.7 Å². The van der Waals surface area contributed by atoms with Gasteiger partial charge in [-0.1, -0.05) is 87.9 Å². The molecular formula is C36H31BrN2O6S. The number of benzene rings is 4. The summed E-state index contributed by atoms with van der Waals surface area (Å²) in [6.45, 7) is 4.03. The van der Waals surface area contributed by atoms with Crippen LogP contribution < -0.4 is 29.1 Å². The summed E-state index contributed by atoms with van der Waals surface area (Å²) in [6.07, 6.45) is 1.81. The van der Waals surface area contributed by atoms with Gasteiger partial charge in [0.15, 0.2) is 16.3 Å². The summed E-state index contributed by atoms with van der Waals surface area (Å²) < 4.78 is 25.5. The predicted octanol–water partition coefficient (Wildman–Crippen LogP) is 6.31. The molecule has 8 nitrogen and oxygen atoms in total. The second-order valence-electron chi connectivity index (χ2n) is 10.5. The summed E-state index contributed by atoms with van der Waals surface area (Å²) in [6, 6.07) is 24.6. The Hall–Kier alpha value is -4.67. The summed E-state index contributed by atoms with van der Waals surface area (Å²) in [5.74, 6) is 1.06. The van der Waals surface area contributed by atoms with Crippen LogP contribution in [0.25, 0.3) is 16.8 Å². The molecule has 6 rings (SSSR count). The third kappa shape index (κ3) is 5.86. The van der Waals surface area contributed by atoms with Crippen molar-refractivity contribution in [2.45, 2.75) is 26.5 Å². The van der Waals surface area contributed by atoms with E-state index in [-0.39, 0.29) is 17.7 Å². The molecule has 0 bridgehead atoms. The van der Waals surface area contributed by atoms with Crippen molar-refractivity contribution in [2.75, 3.05) is 20.8 Å². The first-order valence-electron chi connectivity index (χ1n) is 14.6. The Kier molecular flexibility index (Phi) is 9.10. The highest BCUT2D eigenvalue weighted by molar-refractivity contribution is 9.10. The van der Waals surface area contributed by atoms with Crippen LogP contribution in [0, 0.1) is 0 Å². The van der Waals surface area contributed by atoms with Crippen molar-refractivity contribution in [3.63, 3.8) is 0 Å². The van der Waals surface area contributed by atoms with Crippen LogP contribution >= 0.6 is 27.3 Å². The Bertz CT molecular complexity index is 2180. The van der Waals surface area contributed by atoms with Crippen molar-refractivity contribution in [3.8, 4) is 17.2 Å². The Morgan fingerprint density at radius 1 is 0.978 bits per heavy atom. The second kappa shape index (κ2) is 13.4. The number of thiazole rings is 1. The average Bonchev–Trinajstić information content (AvgIpc) is 3.37. The van der Waals surface area contributed by atoms with E-state index in [0.29, 0.717) is 48.9 Å². The lowest BCUT2D eigenvalue weighted by Crippen LogP contribution is -2.40. The summed E-state index contributed by atoms with van der Waals surface area (Å²) in [7, 11) is 3.08. The zero-order valence-electron chi connectivity index (χ0n) is 25.7. The van der Waals surface area contributed by atoms with E-state index in [1.165, 1.54) is 18.4 Å². The van der Waals surface area contributed by atoms with E-state index < -0.39 is 12.0 Å². The molecule has 2 heterocycles. The maximum atomic E-state index is 14.3. The number of ether oxygens (including phenoxy) is 4. The average molecular weight is 700 g/mol. The topological polar surface area (TPSA) is 88.4 Å². The molecule has 0 amide bonds. The van der Waals surface area contributed by atoms with Gasteiger partial charge in [0.1, 0.15) is 12.4 Å². The Labute approximate surface area is 278 Å². The number of hydrogen-bond acceptors (Lipinski definition) is 8. The molecule has 0 fully saturated rings. The predicted molar refractivity (Wildman–Crippen MR) is 182 cm³/mol. The van der Waals surface area contributed by atoms with Gasteiger partial charge in [0, 0.05) is 10.0 Å². The van der Waals surface area contributed by atoms with Gasteiger partial charge in [-0.05, 0) is 60.0 Å². The van der Waals surface area contributed by atoms with E-state index in [1.807, 2.05) is 48.5 Å². The van der Waals surface area contributed by atoms with Crippen LogP contribution in [0.3, 0.4) is 0 Å². The van der Waals surface area contributed by atoms with Gasteiger partial charge in [0.2, 0.25) is 0 Å². The Morgan fingerprint density at radius 3 is 2.48 bits per heavy atom. The number of nitrogens with zero attached hydrogens (tertiary/aromatic N) is 2. The van der Waals surface area contributed by atoms with Crippen molar-refractivity contribution >= 4 is 50.1 Å². The minimum Gasteiger partial charge on any atom is -0.493 e. The molecule has 10 heteroatoms. The molecule has 4 aromatic carbocycles. The highest BCUT2D eigenvalue weighted by Gasteiger charge is 2.35.